The Morgan fingerprint density at radius 1 is 1.08 bits per heavy atom. The van der Waals surface area contributed by atoms with E-state index in [1.165, 1.54) is 11.3 Å². The lowest BCUT2D eigenvalue weighted by Gasteiger charge is -2.04. The summed E-state index contributed by atoms with van der Waals surface area (Å²) < 4.78 is 5.29. The second-order valence-corrected chi connectivity index (χ2v) is 6.37. The van der Waals surface area contributed by atoms with Gasteiger partial charge in [0.15, 0.2) is 10.8 Å². The van der Waals surface area contributed by atoms with Gasteiger partial charge in [-0.15, -0.1) is 11.3 Å². The number of furan rings is 1. The van der Waals surface area contributed by atoms with Crippen molar-refractivity contribution in [3.63, 3.8) is 0 Å². The van der Waals surface area contributed by atoms with E-state index in [0.29, 0.717) is 29.4 Å². The highest BCUT2D eigenvalue weighted by molar-refractivity contribution is 7.13. The number of rotatable bonds is 5. The van der Waals surface area contributed by atoms with Gasteiger partial charge in [-0.3, -0.25) is 9.78 Å². The summed E-state index contributed by atoms with van der Waals surface area (Å²) in [5.41, 5.74) is 2.32. The minimum atomic E-state index is -0.185. The van der Waals surface area contributed by atoms with Crippen molar-refractivity contribution in [2.45, 2.75) is 6.42 Å². The molecule has 0 aliphatic carbocycles. The number of para-hydroxylation sites is 1. The Kier molecular flexibility index (Phi) is 4.26. The van der Waals surface area contributed by atoms with Gasteiger partial charge in [0.1, 0.15) is 5.69 Å². The van der Waals surface area contributed by atoms with E-state index in [1.807, 2.05) is 36.4 Å². The first kappa shape index (κ1) is 15.5. The van der Waals surface area contributed by atoms with Gasteiger partial charge in [0.25, 0.3) is 5.91 Å². The SMILES string of the molecule is O=C(NCCc1ccc2ccccc2n1)c1csc(-c2ccco2)n1. The van der Waals surface area contributed by atoms with Crippen molar-refractivity contribution in [2.24, 2.45) is 0 Å². The molecule has 4 aromatic rings. The third-order valence-electron chi connectivity index (χ3n) is 3.79. The predicted octanol–water partition coefficient (Wildman–Crippen LogP) is 3.92. The highest BCUT2D eigenvalue weighted by Gasteiger charge is 2.12. The fourth-order valence-corrected chi connectivity index (χ4v) is 3.30. The van der Waals surface area contributed by atoms with Crippen LogP contribution in [-0.4, -0.2) is 22.4 Å². The molecule has 3 heterocycles. The maximum Gasteiger partial charge on any atom is 0.270 e. The van der Waals surface area contributed by atoms with E-state index in [9.17, 15) is 4.79 Å². The van der Waals surface area contributed by atoms with Crippen molar-refractivity contribution in [3.05, 3.63) is 71.6 Å². The maximum atomic E-state index is 12.2. The van der Waals surface area contributed by atoms with Gasteiger partial charge in [0.05, 0.1) is 11.8 Å². The topological polar surface area (TPSA) is 68.0 Å². The van der Waals surface area contributed by atoms with Crippen LogP contribution in [0.15, 0.2) is 64.6 Å². The van der Waals surface area contributed by atoms with Gasteiger partial charge in [-0.25, -0.2) is 4.98 Å². The van der Waals surface area contributed by atoms with Crippen molar-refractivity contribution >= 4 is 28.1 Å². The first-order valence-electron chi connectivity index (χ1n) is 7.92. The van der Waals surface area contributed by atoms with Crippen LogP contribution in [0.4, 0.5) is 0 Å². The standard InChI is InChI=1S/C19H15N3O2S/c23-18(16-12-25-19(22-16)17-6-3-11-24-17)20-10-9-14-8-7-13-4-1-2-5-15(13)21-14/h1-8,11-12H,9-10H2,(H,20,23). The average Bonchev–Trinajstić information content (AvgIpc) is 3.33. The number of hydrogen-bond acceptors (Lipinski definition) is 5. The molecule has 0 unspecified atom stereocenters. The Labute approximate surface area is 148 Å². The second-order valence-electron chi connectivity index (χ2n) is 5.52. The molecule has 0 radical (unpaired) electrons. The molecule has 5 nitrogen and oxygen atoms in total. The smallest absolute Gasteiger partial charge is 0.270 e. The van der Waals surface area contributed by atoms with Crippen LogP contribution in [0.1, 0.15) is 16.2 Å². The molecule has 0 saturated carbocycles. The van der Waals surface area contributed by atoms with Crippen molar-refractivity contribution in [1.29, 1.82) is 0 Å². The lowest BCUT2D eigenvalue weighted by molar-refractivity contribution is 0.0950. The largest absolute Gasteiger partial charge is 0.462 e. The van der Waals surface area contributed by atoms with Gasteiger partial charge in [0.2, 0.25) is 0 Å². The van der Waals surface area contributed by atoms with E-state index >= 15 is 0 Å². The van der Waals surface area contributed by atoms with Crippen LogP contribution in [0.25, 0.3) is 21.7 Å². The van der Waals surface area contributed by atoms with E-state index < -0.39 is 0 Å². The highest BCUT2D eigenvalue weighted by atomic mass is 32.1. The van der Waals surface area contributed by atoms with Gasteiger partial charge in [-0.1, -0.05) is 24.3 Å². The summed E-state index contributed by atoms with van der Waals surface area (Å²) in [4.78, 5) is 21.1. The molecule has 0 bridgehead atoms. The number of amides is 1. The van der Waals surface area contributed by atoms with Gasteiger partial charge in [0, 0.05) is 29.4 Å². The molecule has 4 rings (SSSR count). The Morgan fingerprint density at radius 3 is 2.88 bits per heavy atom. The number of aromatic nitrogens is 2. The summed E-state index contributed by atoms with van der Waals surface area (Å²) in [6.45, 7) is 0.512. The van der Waals surface area contributed by atoms with Crippen LogP contribution in [-0.2, 0) is 6.42 Å². The molecule has 0 aliphatic heterocycles. The average molecular weight is 349 g/mol. The molecule has 0 atom stereocenters. The molecular formula is C19H15N3O2S. The minimum Gasteiger partial charge on any atom is -0.462 e. The predicted molar refractivity (Wildman–Crippen MR) is 97.6 cm³/mol. The molecular weight excluding hydrogens is 334 g/mol. The van der Waals surface area contributed by atoms with E-state index in [4.69, 9.17) is 4.42 Å². The quantitative estimate of drug-likeness (QED) is 0.593. The summed E-state index contributed by atoms with van der Waals surface area (Å²) in [7, 11) is 0. The lowest BCUT2D eigenvalue weighted by atomic mass is 10.2. The van der Waals surface area contributed by atoms with Crippen LogP contribution >= 0.6 is 11.3 Å². The zero-order valence-electron chi connectivity index (χ0n) is 13.3. The number of carbonyl (C=O) groups excluding carboxylic acids is 1. The zero-order chi connectivity index (χ0) is 17.1. The first-order valence-corrected chi connectivity index (χ1v) is 8.80. The van der Waals surface area contributed by atoms with E-state index in [0.717, 1.165) is 16.6 Å². The molecule has 0 saturated heterocycles. The lowest BCUT2D eigenvalue weighted by Crippen LogP contribution is -2.26. The van der Waals surface area contributed by atoms with Crippen molar-refractivity contribution in [3.8, 4) is 10.8 Å². The number of benzene rings is 1. The van der Waals surface area contributed by atoms with Crippen molar-refractivity contribution in [2.75, 3.05) is 6.54 Å². The maximum absolute atomic E-state index is 12.2. The van der Waals surface area contributed by atoms with E-state index in [-0.39, 0.29) is 5.91 Å². The number of thiazole rings is 1. The molecule has 1 aromatic carbocycles. The van der Waals surface area contributed by atoms with Crippen LogP contribution in [0.2, 0.25) is 0 Å². The summed E-state index contributed by atoms with van der Waals surface area (Å²) in [6, 6.07) is 15.7. The number of carbonyl (C=O) groups is 1. The van der Waals surface area contributed by atoms with Crippen LogP contribution in [0.3, 0.4) is 0 Å². The molecule has 0 aliphatic rings. The molecule has 25 heavy (non-hydrogen) atoms. The van der Waals surface area contributed by atoms with Crippen molar-refractivity contribution in [1.82, 2.24) is 15.3 Å². The van der Waals surface area contributed by atoms with Crippen LogP contribution < -0.4 is 5.32 Å². The monoisotopic (exact) mass is 349 g/mol. The number of nitrogens with one attached hydrogen (secondary N) is 1. The number of fused-ring (bicyclic) bond motifs is 1. The van der Waals surface area contributed by atoms with Crippen molar-refractivity contribution < 1.29 is 9.21 Å². The third-order valence-corrected chi connectivity index (χ3v) is 4.65. The van der Waals surface area contributed by atoms with Crippen LogP contribution in [0.5, 0.6) is 0 Å². The Hall–Kier alpha value is -2.99. The molecule has 0 fully saturated rings. The van der Waals surface area contributed by atoms with Gasteiger partial charge in [-0.2, -0.15) is 0 Å². The summed E-state index contributed by atoms with van der Waals surface area (Å²) in [5, 5.41) is 6.44. The van der Waals surface area contributed by atoms with E-state index in [1.54, 1.807) is 17.7 Å². The van der Waals surface area contributed by atoms with Gasteiger partial charge < -0.3 is 9.73 Å². The highest BCUT2D eigenvalue weighted by Crippen LogP contribution is 2.23. The van der Waals surface area contributed by atoms with Crippen LogP contribution in [0, 0.1) is 0 Å². The molecule has 1 N–H and O–H groups in total. The molecule has 3 aromatic heterocycles. The normalized spacial score (nSPS) is 10.9. The number of nitrogens with zero attached hydrogens (tertiary/aromatic N) is 2. The fourth-order valence-electron chi connectivity index (χ4n) is 2.53. The Balaban J connectivity index is 1.37. The van der Waals surface area contributed by atoms with E-state index in [2.05, 4.69) is 21.4 Å². The fraction of sp³-hybridized carbons (Fsp3) is 0.105. The molecule has 1 amide bonds. The second kappa shape index (κ2) is 6.86. The third kappa shape index (κ3) is 3.44. The molecule has 0 spiro atoms. The van der Waals surface area contributed by atoms with Gasteiger partial charge >= 0.3 is 0 Å². The Morgan fingerprint density at radius 2 is 2.00 bits per heavy atom. The minimum absolute atomic E-state index is 0.185. The number of hydrogen-bond donors (Lipinski definition) is 1. The zero-order valence-corrected chi connectivity index (χ0v) is 14.1. The molecule has 124 valence electrons. The number of pyridine rings is 1. The molecule has 6 heteroatoms. The summed E-state index contributed by atoms with van der Waals surface area (Å²) in [5.74, 6) is 0.485. The van der Waals surface area contributed by atoms with Gasteiger partial charge in [-0.05, 0) is 24.3 Å². The first-order chi connectivity index (χ1) is 12.3. The summed E-state index contributed by atoms with van der Waals surface area (Å²) >= 11 is 1.39. The Bertz CT molecular complexity index is 1010. The summed E-state index contributed by atoms with van der Waals surface area (Å²) in [6.07, 6.45) is 2.26.